The van der Waals surface area contributed by atoms with E-state index in [-0.39, 0.29) is 18.6 Å². The van der Waals surface area contributed by atoms with Gasteiger partial charge >= 0.3 is 6.09 Å². The van der Waals surface area contributed by atoms with Crippen LogP contribution in [-0.4, -0.2) is 47.3 Å². The van der Waals surface area contributed by atoms with Gasteiger partial charge < -0.3 is 14.7 Å². The Balaban J connectivity index is 1.77. The molecular weight excluding hydrogens is 368 g/mol. The van der Waals surface area contributed by atoms with Crippen LogP contribution in [0.4, 0.5) is 10.5 Å². The van der Waals surface area contributed by atoms with Crippen molar-refractivity contribution in [3.05, 3.63) is 35.0 Å². The topological polar surface area (TPSA) is 70.1 Å². The molecule has 2 aliphatic heterocycles. The highest BCUT2D eigenvalue weighted by Crippen LogP contribution is 2.33. The Bertz CT molecular complexity index is 795. The molecule has 1 aromatic carbocycles. The van der Waals surface area contributed by atoms with Gasteiger partial charge in [0, 0.05) is 38.0 Å². The molecule has 29 heavy (non-hydrogen) atoms. The number of unbranched alkanes of at least 4 members (excludes halogenated alkanes) is 2. The van der Waals surface area contributed by atoms with Gasteiger partial charge in [0.05, 0.1) is 0 Å². The number of hydrogen-bond donors (Lipinski definition) is 1. The van der Waals surface area contributed by atoms with E-state index in [9.17, 15) is 9.59 Å². The van der Waals surface area contributed by atoms with E-state index in [4.69, 9.17) is 9.84 Å². The number of benzene rings is 1. The molecule has 0 bridgehead atoms. The second-order valence-corrected chi connectivity index (χ2v) is 8.75. The van der Waals surface area contributed by atoms with Gasteiger partial charge in [-0.1, -0.05) is 0 Å². The van der Waals surface area contributed by atoms with E-state index in [2.05, 4.69) is 12.1 Å². The van der Waals surface area contributed by atoms with Crippen LogP contribution in [0, 0.1) is 0 Å². The van der Waals surface area contributed by atoms with E-state index in [1.165, 1.54) is 5.56 Å². The van der Waals surface area contributed by atoms with E-state index in [1.54, 1.807) is 11.1 Å². The zero-order valence-electron chi connectivity index (χ0n) is 17.7. The molecule has 2 amide bonds. The molecule has 0 atom stereocenters. The molecular formula is C23H32N2O4. The Morgan fingerprint density at radius 1 is 1.10 bits per heavy atom. The largest absolute Gasteiger partial charge is 0.443 e. The first-order valence-electron chi connectivity index (χ1n) is 10.5. The summed E-state index contributed by atoms with van der Waals surface area (Å²) >= 11 is 0. The Kier molecular flexibility index (Phi) is 6.63. The summed E-state index contributed by atoms with van der Waals surface area (Å²) in [6, 6.07) is 4.28. The van der Waals surface area contributed by atoms with E-state index in [1.807, 2.05) is 31.7 Å². The monoisotopic (exact) mass is 400 g/mol. The van der Waals surface area contributed by atoms with Gasteiger partial charge in [0.1, 0.15) is 5.60 Å². The van der Waals surface area contributed by atoms with Gasteiger partial charge in [-0.3, -0.25) is 9.69 Å². The van der Waals surface area contributed by atoms with Crippen LogP contribution >= 0.6 is 0 Å². The van der Waals surface area contributed by atoms with E-state index in [0.717, 1.165) is 42.5 Å². The van der Waals surface area contributed by atoms with Crippen molar-refractivity contribution in [1.29, 1.82) is 0 Å². The summed E-state index contributed by atoms with van der Waals surface area (Å²) in [5, 5.41) is 8.97. The van der Waals surface area contributed by atoms with Crippen LogP contribution in [0.3, 0.4) is 0 Å². The van der Waals surface area contributed by atoms with Crippen molar-refractivity contribution in [2.24, 2.45) is 0 Å². The predicted molar refractivity (Wildman–Crippen MR) is 114 cm³/mol. The summed E-state index contributed by atoms with van der Waals surface area (Å²) in [5.74, 6) is 0.168. The van der Waals surface area contributed by atoms with Crippen LogP contribution in [0.1, 0.15) is 63.1 Å². The van der Waals surface area contributed by atoms with Gasteiger partial charge in [0.2, 0.25) is 5.91 Å². The summed E-state index contributed by atoms with van der Waals surface area (Å²) in [4.78, 5) is 28.5. The first-order valence-corrected chi connectivity index (χ1v) is 10.5. The van der Waals surface area contributed by atoms with Gasteiger partial charge in [-0.2, -0.15) is 0 Å². The molecule has 0 unspecified atom stereocenters. The molecule has 158 valence electrons. The van der Waals surface area contributed by atoms with Crippen LogP contribution in [0.5, 0.6) is 0 Å². The number of hydrogen-bond acceptors (Lipinski definition) is 4. The fraction of sp³-hybridized carbons (Fsp3) is 0.565. The number of amides is 2. The van der Waals surface area contributed by atoms with Gasteiger partial charge in [0.25, 0.3) is 0 Å². The first-order chi connectivity index (χ1) is 13.8. The molecule has 0 saturated carbocycles. The van der Waals surface area contributed by atoms with E-state index in [0.29, 0.717) is 25.9 Å². The number of carbonyl (C=O) groups excluding carboxylic acids is 2. The predicted octanol–water partition coefficient (Wildman–Crippen LogP) is 3.89. The maximum atomic E-state index is 12.5. The average Bonchev–Trinajstić information content (AvgIpc) is 2.86. The quantitative estimate of drug-likeness (QED) is 0.761. The van der Waals surface area contributed by atoms with E-state index >= 15 is 0 Å². The van der Waals surface area contributed by atoms with Crippen molar-refractivity contribution >= 4 is 23.8 Å². The summed E-state index contributed by atoms with van der Waals surface area (Å²) in [6.07, 6.45) is 7.97. The fourth-order valence-corrected chi connectivity index (χ4v) is 3.79. The number of ether oxygens (including phenoxy) is 1. The van der Waals surface area contributed by atoms with Gasteiger partial charge in [-0.05, 0) is 87.8 Å². The first kappa shape index (κ1) is 21.4. The minimum absolute atomic E-state index is 0.168. The second-order valence-electron chi connectivity index (χ2n) is 8.75. The normalized spacial score (nSPS) is 16.3. The minimum Gasteiger partial charge on any atom is -0.443 e. The molecule has 0 spiro atoms. The molecule has 3 rings (SSSR count). The molecule has 6 heteroatoms. The molecule has 1 N–H and O–H groups in total. The average molecular weight is 401 g/mol. The molecule has 0 radical (unpaired) electrons. The fourth-order valence-electron chi connectivity index (χ4n) is 3.79. The lowest BCUT2D eigenvalue weighted by Gasteiger charge is -2.30. The third kappa shape index (κ3) is 5.38. The van der Waals surface area contributed by atoms with Crippen molar-refractivity contribution in [3.8, 4) is 0 Å². The Hall–Kier alpha value is -2.34. The van der Waals surface area contributed by atoms with Crippen LogP contribution in [-0.2, 0) is 22.4 Å². The highest BCUT2D eigenvalue weighted by atomic mass is 16.6. The number of fused-ring (bicyclic) bond motifs is 2. The molecule has 0 aliphatic carbocycles. The maximum absolute atomic E-state index is 12.5. The van der Waals surface area contributed by atoms with Gasteiger partial charge in [-0.25, -0.2) is 4.79 Å². The number of aliphatic hydroxyl groups excluding tert-OH is 1. The zero-order chi connectivity index (χ0) is 21.0. The number of rotatable bonds is 5. The van der Waals surface area contributed by atoms with Crippen molar-refractivity contribution in [1.82, 2.24) is 4.90 Å². The van der Waals surface area contributed by atoms with E-state index < -0.39 is 5.60 Å². The van der Waals surface area contributed by atoms with Gasteiger partial charge in [-0.15, -0.1) is 0 Å². The zero-order valence-corrected chi connectivity index (χ0v) is 17.7. The van der Waals surface area contributed by atoms with Gasteiger partial charge in [0.15, 0.2) is 0 Å². The smallest absolute Gasteiger partial charge is 0.414 e. The Labute approximate surface area is 173 Å². The maximum Gasteiger partial charge on any atom is 0.414 e. The van der Waals surface area contributed by atoms with Crippen LogP contribution in [0.15, 0.2) is 18.3 Å². The van der Waals surface area contributed by atoms with Crippen molar-refractivity contribution in [2.45, 2.75) is 64.9 Å². The lowest BCUT2D eigenvalue weighted by Crippen LogP contribution is -2.36. The molecule has 2 aliphatic rings. The van der Waals surface area contributed by atoms with Crippen molar-refractivity contribution in [3.63, 3.8) is 0 Å². The molecule has 0 fully saturated rings. The van der Waals surface area contributed by atoms with Crippen LogP contribution in [0.25, 0.3) is 6.08 Å². The van der Waals surface area contributed by atoms with Crippen LogP contribution in [0.2, 0.25) is 0 Å². The number of carbonyl (C=O) groups is 2. The molecule has 0 saturated heterocycles. The molecule has 2 heterocycles. The number of nitrogens with zero attached hydrogens (tertiary/aromatic N) is 2. The Morgan fingerprint density at radius 3 is 2.62 bits per heavy atom. The SMILES string of the molecule is CC(C)(C)OC(=O)N1C=Cc2cc3c(cc2CC1)N(CCCCCO)C(=O)CC3. The minimum atomic E-state index is -0.528. The molecule has 1 aromatic rings. The lowest BCUT2D eigenvalue weighted by molar-refractivity contribution is -0.118. The summed E-state index contributed by atoms with van der Waals surface area (Å²) in [5.41, 5.74) is 3.90. The highest BCUT2D eigenvalue weighted by Gasteiger charge is 2.27. The standard InChI is InChI=1S/C23H32N2O4/c1-23(2,3)29-22(28)24-12-9-17-15-19-7-8-21(27)25(11-5-4-6-14-26)20(19)16-18(17)10-13-24/h9,12,15-16,26H,4-8,10-11,13-14H2,1-3H3. The molecule has 0 aromatic heterocycles. The summed E-state index contributed by atoms with van der Waals surface area (Å²) in [7, 11) is 0. The number of anilines is 1. The highest BCUT2D eigenvalue weighted by molar-refractivity contribution is 5.96. The number of aliphatic hydroxyl groups is 1. The summed E-state index contributed by atoms with van der Waals surface area (Å²) in [6.45, 7) is 7.01. The Morgan fingerprint density at radius 2 is 1.90 bits per heavy atom. The lowest BCUT2D eigenvalue weighted by atomic mass is 9.94. The third-order valence-corrected chi connectivity index (χ3v) is 5.26. The van der Waals surface area contributed by atoms with Crippen molar-refractivity contribution in [2.75, 3.05) is 24.6 Å². The summed E-state index contributed by atoms with van der Waals surface area (Å²) < 4.78 is 5.49. The second kappa shape index (κ2) is 8.99. The molecule has 6 nitrogen and oxygen atoms in total. The van der Waals surface area contributed by atoms with Crippen molar-refractivity contribution < 1.29 is 19.4 Å². The number of aryl methyl sites for hydroxylation is 1. The third-order valence-electron chi connectivity index (χ3n) is 5.26. The van der Waals surface area contributed by atoms with Crippen LogP contribution < -0.4 is 4.90 Å².